The van der Waals surface area contributed by atoms with Crippen LogP contribution in [0.2, 0.25) is 0 Å². The van der Waals surface area contributed by atoms with E-state index in [0.717, 1.165) is 10.7 Å². The fourth-order valence-corrected chi connectivity index (χ4v) is 3.37. The second-order valence-corrected chi connectivity index (χ2v) is 7.03. The molecule has 0 radical (unpaired) electrons. The van der Waals surface area contributed by atoms with Crippen molar-refractivity contribution in [3.05, 3.63) is 11.6 Å². The Morgan fingerprint density at radius 3 is 2.76 bits per heavy atom. The molecule has 0 spiro atoms. The number of hydrogen-bond donors (Lipinski definition) is 0. The summed E-state index contributed by atoms with van der Waals surface area (Å²) in [4.78, 5) is 0.764. The second-order valence-electron chi connectivity index (χ2n) is 5.73. The minimum absolute atomic E-state index is 0.764. The maximum atomic E-state index is 3.81. The van der Waals surface area contributed by atoms with E-state index in [1.165, 1.54) is 64.2 Å². The van der Waals surface area contributed by atoms with Gasteiger partial charge in [-0.1, -0.05) is 60.7 Å². The highest BCUT2D eigenvalue weighted by Gasteiger charge is 2.10. The lowest BCUT2D eigenvalue weighted by molar-refractivity contribution is 0.483. The summed E-state index contributed by atoms with van der Waals surface area (Å²) in [6.45, 7) is 4.73. The van der Waals surface area contributed by atoms with Gasteiger partial charge in [-0.05, 0) is 50.9 Å². The number of hydrogen-bond acceptors (Lipinski definition) is 0. The van der Waals surface area contributed by atoms with Gasteiger partial charge in [-0.2, -0.15) is 0 Å². The normalized spacial score (nSPS) is 31.4. The lowest BCUT2D eigenvalue weighted by Crippen LogP contribution is -2.00. The smallest absolute Gasteiger partial charge is 0.0145 e. The van der Waals surface area contributed by atoms with E-state index in [0.29, 0.717) is 0 Å². The van der Waals surface area contributed by atoms with Crippen LogP contribution in [0.4, 0.5) is 0 Å². The number of halogens is 1. The summed E-state index contributed by atoms with van der Waals surface area (Å²) in [6.07, 6.45) is 16.1. The molecular formula is C16H29Br. The Hall–Kier alpha value is 0.220. The van der Waals surface area contributed by atoms with Crippen LogP contribution in [0, 0.1) is 5.92 Å². The van der Waals surface area contributed by atoms with Gasteiger partial charge in [-0.25, -0.2) is 0 Å². The molecule has 1 heteroatoms. The molecule has 0 N–H and O–H groups in total. The highest BCUT2D eigenvalue weighted by Crippen LogP contribution is 2.26. The summed E-state index contributed by atoms with van der Waals surface area (Å²) in [5.41, 5.74) is 1.74. The summed E-state index contributed by atoms with van der Waals surface area (Å²) < 4.78 is 0. The van der Waals surface area contributed by atoms with Gasteiger partial charge in [-0.15, -0.1) is 0 Å². The molecule has 2 unspecified atom stereocenters. The molecule has 0 aliphatic heterocycles. The fourth-order valence-electron chi connectivity index (χ4n) is 2.72. The number of allylic oxidation sites excluding steroid dienone is 2. The van der Waals surface area contributed by atoms with E-state index < -0.39 is 0 Å². The minimum Gasteiger partial charge on any atom is -0.0891 e. The van der Waals surface area contributed by atoms with E-state index >= 15 is 0 Å². The van der Waals surface area contributed by atoms with Crippen LogP contribution in [0.3, 0.4) is 0 Å². The van der Waals surface area contributed by atoms with Crippen molar-refractivity contribution in [2.45, 2.75) is 82.9 Å². The van der Waals surface area contributed by atoms with Crippen molar-refractivity contribution in [2.24, 2.45) is 5.92 Å². The van der Waals surface area contributed by atoms with Crippen LogP contribution in [0.1, 0.15) is 78.1 Å². The van der Waals surface area contributed by atoms with Crippen LogP contribution in [0.25, 0.3) is 0 Å². The Morgan fingerprint density at radius 2 is 2.00 bits per heavy atom. The van der Waals surface area contributed by atoms with E-state index in [-0.39, 0.29) is 0 Å². The van der Waals surface area contributed by atoms with Crippen molar-refractivity contribution in [1.82, 2.24) is 0 Å². The first-order chi connectivity index (χ1) is 8.22. The zero-order valence-corrected chi connectivity index (χ0v) is 13.3. The first kappa shape index (κ1) is 15.3. The minimum atomic E-state index is 0.764. The highest BCUT2D eigenvalue weighted by molar-refractivity contribution is 9.09. The number of rotatable bonds is 3. The van der Waals surface area contributed by atoms with Crippen LogP contribution in [-0.2, 0) is 0 Å². The van der Waals surface area contributed by atoms with Crippen LogP contribution < -0.4 is 0 Å². The second kappa shape index (κ2) is 9.19. The molecule has 1 rings (SSSR count). The average Bonchev–Trinajstić information content (AvgIpc) is 2.33. The van der Waals surface area contributed by atoms with Crippen LogP contribution in [0.15, 0.2) is 11.6 Å². The third-order valence-corrected chi connectivity index (χ3v) is 4.75. The highest BCUT2D eigenvalue weighted by atomic mass is 79.9. The van der Waals surface area contributed by atoms with Gasteiger partial charge in [0, 0.05) is 4.83 Å². The van der Waals surface area contributed by atoms with Gasteiger partial charge in [0.1, 0.15) is 0 Å². The van der Waals surface area contributed by atoms with Crippen LogP contribution in [0.5, 0.6) is 0 Å². The largest absolute Gasteiger partial charge is 0.0891 e. The molecule has 0 bridgehead atoms. The van der Waals surface area contributed by atoms with E-state index in [4.69, 9.17) is 0 Å². The van der Waals surface area contributed by atoms with Crippen molar-refractivity contribution < 1.29 is 0 Å². The summed E-state index contributed by atoms with van der Waals surface area (Å²) in [7, 11) is 0. The molecule has 0 heterocycles. The standard InChI is InChI=1S/C16H29Br/c1-3-4-9-15-10-5-6-11-16(17)12-7-8-14(2)13-15/h10,14,16H,3-9,11-13H2,1-2H3/b15-10-. The molecule has 0 nitrogen and oxygen atoms in total. The third-order valence-electron chi connectivity index (χ3n) is 3.83. The lowest BCUT2D eigenvalue weighted by atomic mass is 9.93. The Balaban J connectivity index is 2.48. The van der Waals surface area contributed by atoms with Crippen molar-refractivity contribution in [1.29, 1.82) is 0 Å². The molecule has 0 amide bonds. The van der Waals surface area contributed by atoms with Gasteiger partial charge in [0.25, 0.3) is 0 Å². The average molecular weight is 301 g/mol. The summed E-state index contributed by atoms with van der Waals surface area (Å²) >= 11 is 3.81. The molecule has 0 saturated carbocycles. The topological polar surface area (TPSA) is 0 Å². The molecule has 0 aromatic rings. The lowest BCUT2D eigenvalue weighted by Gasteiger charge is -2.14. The molecule has 100 valence electrons. The first-order valence-corrected chi connectivity index (χ1v) is 8.46. The molecule has 0 aromatic heterocycles. The summed E-state index contributed by atoms with van der Waals surface area (Å²) in [6, 6.07) is 0. The summed E-state index contributed by atoms with van der Waals surface area (Å²) in [5.74, 6) is 0.885. The van der Waals surface area contributed by atoms with Crippen molar-refractivity contribution in [3.63, 3.8) is 0 Å². The molecule has 0 aromatic carbocycles. The predicted molar refractivity (Wildman–Crippen MR) is 81.8 cm³/mol. The zero-order valence-electron chi connectivity index (χ0n) is 11.7. The molecule has 1 aliphatic carbocycles. The molecule has 0 fully saturated rings. The molecule has 1 aliphatic rings. The van der Waals surface area contributed by atoms with Gasteiger partial charge in [0.05, 0.1) is 0 Å². The Morgan fingerprint density at radius 1 is 1.24 bits per heavy atom. The first-order valence-electron chi connectivity index (χ1n) is 7.54. The Kier molecular flexibility index (Phi) is 8.26. The van der Waals surface area contributed by atoms with Gasteiger partial charge in [0.2, 0.25) is 0 Å². The van der Waals surface area contributed by atoms with Crippen LogP contribution >= 0.6 is 15.9 Å². The number of alkyl halides is 1. The van der Waals surface area contributed by atoms with E-state index in [1.54, 1.807) is 5.57 Å². The van der Waals surface area contributed by atoms with Gasteiger partial charge < -0.3 is 0 Å². The Bertz CT molecular complexity index is 220. The maximum absolute atomic E-state index is 3.81. The maximum Gasteiger partial charge on any atom is 0.0145 e. The van der Waals surface area contributed by atoms with Gasteiger partial charge in [-0.3, -0.25) is 0 Å². The molecule has 0 saturated heterocycles. The van der Waals surface area contributed by atoms with Gasteiger partial charge in [0.15, 0.2) is 0 Å². The van der Waals surface area contributed by atoms with Crippen molar-refractivity contribution in [2.75, 3.05) is 0 Å². The predicted octanol–water partition coefficient (Wildman–Crippen LogP) is 6.25. The third kappa shape index (κ3) is 7.28. The van der Waals surface area contributed by atoms with E-state index in [9.17, 15) is 0 Å². The Labute approximate surface area is 116 Å². The quantitative estimate of drug-likeness (QED) is 0.427. The van der Waals surface area contributed by atoms with Crippen molar-refractivity contribution >= 4 is 15.9 Å². The van der Waals surface area contributed by atoms with E-state index in [2.05, 4.69) is 35.9 Å². The summed E-state index contributed by atoms with van der Waals surface area (Å²) in [5, 5.41) is 0. The SMILES string of the molecule is CCCC/C1=C/CCCC(Br)CCCC(C)C1. The fraction of sp³-hybridized carbons (Fsp3) is 0.875. The molecular weight excluding hydrogens is 272 g/mol. The number of unbranched alkanes of at least 4 members (excludes halogenated alkanes) is 1. The monoisotopic (exact) mass is 300 g/mol. The van der Waals surface area contributed by atoms with Crippen molar-refractivity contribution in [3.8, 4) is 0 Å². The van der Waals surface area contributed by atoms with E-state index in [1.807, 2.05) is 0 Å². The zero-order chi connectivity index (χ0) is 12.5. The molecule has 17 heavy (non-hydrogen) atoms. The van der Waals surface area contributed by atoms with Gasteiger partial charge >= 0.3 is 0 Å². The molecule has 2 atom stereocenters. The van der Waals surface area contributed by atoms with Crippen LogP contribution in [-0.4, -0.2) is 4.83 Å².